The smallest absolute Gasteiger partial charge is 0.211 e. The molecule has 0 fully saturated rings. The van der Waals surface area contributed by atoms with Crippen molar-refractivity contribution in [1.82, 2.24) is 4.57 Å². The third kappa shape index (κ3) is 5.93. The van der Waals surface area contributed by atoms with Gasteiger partial charge in [0.25, 0.3) is 0 Å². The lowest BCUT2D eigenvalue weighted by atomic mass is 9.72. The maximum Gasteiger partial charge on any atom is 0.211 e. The number of Topliss-reactive ketones (excluding diaryl/α,β-unsaturated/α-hetero) is 1. The predicted octanol–water partition coefficient (Wildman–Crippen LogP) is 7.81. The molecule has 1 aromatic heterocycles. The number of halogens is 1. The van der Waals surface area contributed by atoms with Gasteiger partial charge in [-0.25, -0.2) is 0 Å². The first-order valence-corrected chi connectivity index (χ1v) is 13.7. The molecule has 2 aromatic carbocycles. The van der Waals surface area contributed by atoms with Crippen LogP contribution in [0.2, 0.25) is 0 Å². The van der Waals surface area contributed by atoms with Crippen LogP contribution in [0, 0.1) is 10.8 Å². The zero-order valence-electron chi connectivity index (χ0n) is 21.7. The standard InChI is InChI=1S/C30H32BrN3OS/c1-29(2,3)24-16-23(17-25(27(24)35)30(4,5)6)32-33-28-34(18-20-10-8-7-9-11-20)26(19-36-28)21-12-14-22(31)15-13-21/h7-17,19H,18H2,1-6H3/b33-28+. The second-order valence-electron chi connectivity index (χ2n) is 11.1. The van der Waals surface area contributed by atoms with E-state index in [2.05, 4.69) is 109 Å². The minimum atomic E-state index is -0.284. The lowest BCUT2D eigenvalue weighted by Crippen LogP contribution is -2.29. The summed E-state index contributed by atoms with van der Waals surface area (Å²) >= 11 is 5.10. The first-order chi connectivity index (χ1) is 16.9. The third-order valence-electron chi connectivity index (χ3n) is 6.06. The van der Waals surface area contributed by atoms with E-state index < -0.39 is 0 Å². The molecule has 0 unspecified atom stereocenters. The van der Waals surface area contributed by atoms with Crippen LogP contribution in [-0.2, 0) is 11.3 Å². The fraction of sp³-hybridized carbons (Fsp3) is 0.300. The van der Waals surface area contributed by atoms with Gasteiger partial charge in [-0.1, -0.05) is 99.9 Å². The molecule has 0 amide bonds. The van der Waals surface area contributed by atoms with Crippen molar-refractivity contribution in [2.24, 2.45) is 21.0 Å². The van der Waals surface area contributed by atoms with Gasteiger partial charge in [0.2, 0.25) is 4.80 Å². The maximum atomic E-state index is 13.3. The summed E-state index contributed by atoms with van der Waals surface area (Å²) in [7, 11) is 0. The Kier molecular flexibility index (Phi) is 7.48. The molecule has 0 N–H and O–H groups in total. The number of hydrogen-bond donors (Lipinski definition) is 0. The highest BCUT2D eigenvalue weighted by atomic mass is 79.9. The van der Waals surface area contributed by atoms with Gasteiger partial charge in [-0.3, -0.25) is 4.79 Å². The van der Waals surface area contributed by atoms with Crippen LogP contribution in [-0.4, -0.2) is 16.1 Å². The largest absolute Gasteiger partial charge is 0.311 e. The SMILES string of the molecule is CC(C)(C)C1=CC(=N/N=c2/scc(-c3ccc(Br)cc3)n2Cc2ccccc2)C=C(C(C)(C)C)C1=O. The molecule has 36 heavy (non-hydrogen) atoms. The molecule has 1 aliphatic carbocycles. The molecule has 0 bridgehead atoms. The monoisotopic (exact) mass is 561 g/mol. The number of carbonyl (C=O) groups excluding carboxylic acids is 1. The zero-order valence-corrected chi connectivity index (χ0v) is 24.1. The topological polar surface area (TPSA) is 46.7 Å². The van der Waals surface area contributed by atoms with Crippen LogP contribution in [0.15, 0.2) is 98.0 Å². The van der Waals surface area contributed by atoms with E-state index in [4.69, 9.17) is 5.10 Å². The van der Waals surface area contributed by atoms with Crippen LogP contribution >= 0.6 is 27.3 Å². The van der Waals surface area contributed by atoms with Gasteiger partial charge >= 0.3 is 0 Å². The molecule has 0 radical (unpaired) electrons. The van der Waals surface area contributed by atoms with Crippen LogP contribution in [0.25, 0.3) is 11.3 Å². The highest BCUT2D eigenvalue weighted by Crippen LogP contribution is 2.37. The summed E-state index contributed by atoms with van der Waals surface area (Å²) in [6.45, 7) is 13.1. The zero-order chi connectivity index (χ0) is 26.1. The Balaban J connectivity index is 1.85. The van der Waals surface area contributed by atoms with E-state index in [1.165, 1.54) is 5.56 Å². The molecule has 4 nitrogen and oxygen atoms in total. The Hall–Kier alpha value is -2.83. The summed E-state index contributed by atoms with van der Waals surface area (Å²) in [6, 6.07) is 18.7. The van der Waals surface area contributed by atoms with Crippen LogP contribution in [0.5, 0.6) is 0 Å². The van der Waals surface area contributed by atoms with Crippen LogP contribution in [0.3, 0.4) is 0 Å². The number of rotatable bonds is 4. The van der Waals surface area contributed by atoms with Gasteiger partial charge in [0.15, 0.2) is 5.78 Å². The summed E-state index contributed by atoms with van der Waals surface area (Å²) in [6.07, 6.45) is 3.79. The van der Waals surface area contributed by atoms with Gasteiger partial charge in [0.05, 0.1) is 18.0 Å². The molecule has 1 heterocycles. The van der Waals surface area contributed by atoms with Crippen LogP contribution in [0.1, 0.15) is 47.1 Å². The minimum Gasteiger partial charge on any atom is -0.311 e. The Morgan fingerprint density at radius 2 is 1.42 bits per heavy atom. The maximum absolute atomic E-state index is 13.3. The Labute approximate surface area is 225 Å². The molecule has 4 rings (SSSR count). The van der Waals surface area contributed by atoms with E-state index >= 15 is 0 Å². The van der Waals surface area contributed by atoms with Crippen molar-refractivity contribution in [2.45, 2.75) is 48.1 Å². The molecule has 0 saturated carbocycles. The average molecular weight is 563 g/mol. The lowest BCUT2D eigenvalue weighted by molar-refractivity contribution is -0.114. The molecular formula is C30H32BrN3OS. The normalized spacial score (nSPS) is 15.1. The van der Waals surface area contributed by atoms with E-state index in [9.17, 15) is 4.79 Å². The number of nitrogens with zero attached hydrogens (tertiary/aromatic N) is 3. The van der Waals surface area contributed by atoms with Gasteiger partial charge in [0.1, 0.15) is 0 Å². The van der Waals surface area contributed by atoms with Crippen molar-refractivity contribution in [2.75, 3.05) is 0 Å². The highest BCUT2D eigenvalue weighted by molar-refractivity contribution is 9.10. The molecule has 6 heteroatoms. The predicted molar refractivity (Wildman–Crippen MR) is 154 cm³/mol. The van der Waals surface area contributed by atoms with Gasteiger partial charge in [0, 0.05) is 21.0 Å². The molecule has 0 saturated heterocycles. The van der Waals surface area contributed by atoms with Crippen LogP contribution in [0.4, 0.5) is 0 Å². The molecule has 0 aliphatic heterocycles. The highest BCUT2D eigenvalue weighted by Gasteiger charge is 2.34. The first kappa shape index (κ1) is 26.2. The number of hydrogen-bond acceptors (Lipinski definition) is 4. The second-order valence-corrected chi connectivity index (χ2v) is 12.8. The van der Waals surface area contributed by atoms with Crippen LogP contribution < -0.4 is 4.80 Å². The molecule has 0 spiro atoms. The number of carbonyl (C=O) groups is 1. The number of benzene rings is 2. The number of allylic oxidation sites excluding steroid dienone is 4. The van der Waals surface area contributed by atoms with E-state index in [0.29, 0.717) is 12.3 Å². The Bertz CT molecular complexity index is 1390. The van der Waals surface area contributed by atoms with Crippen molar-refractivity contribution in [1.29, 1.82) is 0 Å². The van der Waals surface area contributed by atoms with E-state index in [-0.39, 0.29) is 16.6 Å². The fourth-order valence-electron chi connectivity index (χ4n) is 4.07. The average Bonchev–Trinajstić information content (AvgIpc) is 3.20. The van der Waals surface area contributed by atoms with Crippen molar-refractivity contribution in [3.05, 3.63) is 98.1 Å². The summed E-state index contributed by atoms with van der Waals surface area (Å²) < 4.78 is 3.24. The summed E-state index contributed by atoms with van der Waals surface area (Å²) in [4.78, 5) is 14.1. The lowest BCUT2D eigenvalue weighted by Gasteiger charge is -2.30. The van der Waals surface area contributed by atoms with Gasteiger partial charge in [-0.05, 0) is 46.2 Å². The van der Waals surface area contributed by atoms with Crippen molar-refractivity contribution in [3.63, 3.8) is 0 Å². The summed E-state index contributed by atoms with van der Waals surface area (Å²) in [5.74, 6) is 0.0988. The van der Waals surface area contributed by atoms with Crippen molar-refractivity contribution in [3.8, 4) is 11.3 Å². The second kappa shape index (κ2) is 10.3. The number of aromatic nitrogens is 1. The summed E-state index contributed by atoms with van der Waals surface area (Å²) in [5, 5.41) is 11.5. The molecule has 1 aliphatic rings. The van der Waals surface area contributed by atoms with E-state index in [0.717, 1.165) is 31.7 Å². The quantitative estimate of drug-likeness (QED) is 0.236. The van der Waals surface area contributed by atoms with Crippen molar-refractivity contribution >= 4 is 38.8 Å². The van der Waals surface area contributed by atoms with Crippen molar-refractivity contribution < 1.29 is 4.79 Å². The number of thiazole rings is 1. The Morgan fingerprint density at radius 3 is 1.97 bits per heavy atom. The molecule has 3 aromatic rings. The van der Waals surface area contributed by atoms with Gasteiger partial charge in [-0.15, -0.1) is 21.5 Å². The van der Waals surface area contributed by atoms with Gasteiger partial charge < -0.3 is 4.57 Å². The molecular weight excluding hydrogens is 530 g/mol. The first-order valence-electron chi connectivity index (χ1n) is 12.0. The number of ketones is 1. The molecule has 0 atom stereocenters. The molecule has 186 valence electrons. The fourth-order valence-corrected chi connectivity index (χ4v) is 5.19. The van der Waals surface area contributed by atoms with E-state index in [1.54, 1.807) is 11.3 Å². The third-order valence-corrected chi connectivity index (χ3v) is 7.44. The Morgan fingerprint density at radius 1 is 0.833 bits per heavy atom. The van der Waals surface area contributed by atoms with E-state index in [1.807, 2.05) is 30.4 Å². The minimum absolute atomic E-state index is 0.0988. The summed E-state index contributed by atoms with van der Waals surface area (Å²) in [5.41, 5.74) is 5.07. The van der Waals surface area contributed by atoms with Gasteiger partial charge in [-0.2, -0.15) is 0 Å².